The minimum absolute atomic E-state index is 0.185. The standard InChI is InChI=1S/C24H24BrFN4O2/c1-24(2,3)32-23(31)29-10-4-5-20(29)14-6-8-16(17(26)11-14)19-13-30-21-12-15(25)7-9-18(21)27-22(30)28-19/h6-9,11-13,20H,4-5,10H2,1-3H3,(H,27,28). The topological polar surface area (TPSA) is 62.6 Å². The number of nitrogens with zero attached hydrogens (tertiary/aromatic N) is 3. The molecular weight excluding hydrogens is 475 g/mol. The molecule has 32 heavy (non-hydrogen) atoms. The molecule has 2 aromatic carbocycles. The largest absolute Gasteiger partial charge is 0.444 e. The number of hydrogen-bond donors (Lipinski definition) is 1. The maximum Gasteiger partial charge on any atom is 0.410 e. The van der Waals surface area contributed by atoms with E-state index < -0.39 is 5.60 Å². The highest BCUT2D eigenvalue weighted by molar-refractivity contribution is 9.10. The molecule has 0 radical (unpaired) electrons. The molecule has 6 nitrogen and oxygen atoms in total. The Kier molecular flexibility index (Phi) is 5.00. The zero-order chi connectivity index (χ0) is 22.6. The van der Waals surface area contributed by atoms with Crippen molar-refractivity contribution >= 4 is 38.8 Å². The summed E-state index contributed by atoms with van der Waals surface area (Å²) in [5.41, 5.74) is 3.13. The maximum absolute atomic E-state index is 15.2. The molecule has 4 aromatic rings. The number of nitrogens with one attached hydrogen (secondary N) is 1. The number of benzene rings is 2. The van der Waals surface area contributed by atoms with E-state index in [1.54, 1.807) is 11.0 Å². The number of rotatable bonds is 2. The van der Waals surface area contributed by atoms with Crippen molar-refractivity contribution in [2.75, 3.05) is 6.54 Å². The zero-order valence-electron chi connectivity index (χ0n) is 18.2. The van der Waals surface area contributed by atoms with Crippen molar-refractivity contribution in [2.45, 2.75) is 45.3 Å². The lowest BCUT2D eigenvalue weighted by Crippen LogP contribution is -2.36. The molecule has 2 aromatic heterocycles. The molecule has 1 aliphatic heterocycles. The van der Waals surface area contributed by atoms with Gasteiger partial charge in [-0.15, -0.1) is 0 Å². The first-order valence-electron chi connectivity index (χ1n) is 10.7. The van der Waals surface area contributed by atoms with Crippen LogP contribution in [0.2, 0.25) is 0 Å². The Morgan fingerprint density at radius 2 is 2.06 bits per heavy atom. The van der Waals surface area contributed by atoms with Crippen molar-refractivity contribution in [1.82, 2.24) is 19.3 Å². The molecule has 0 saturated carbocycles. The second-order valence-electron chi connectivity index (χ2n) is 9.18. The molecule has 1 unspecified atom stereocenters. The lowest BCUT2D eigenvalue weighted by atomic mass is 10.0. The Morgan fingerprint density at radius 3 is 2.81 bits per heavy atom. The number of hydrogen-bond acceptors (Lipinski definition) is 3. The molecule has 1 amide bonds. The van der Waals surface area contributed by atoms with Crippen LogP contribution in [0.3, 0.4) is 0 Å². The third kappa shape index (κ3) is 3.77. The molecule has 1 N–H and O–H groups in total. The first kappa shape index (κ1) is 21.0. The molecule has 0 aliphatic carbocycles. The van der Waals surface area contributed by atoms with Crippen molar-refractivity contribution < 1.29 is 13.9 Å². The Labute approximate surface area is 193 Å². The first-order valence-corrected chi connectivity index (χ1v) is 11.4. The molecule has 1 saturated heterocycles. The van der Waals surface area contributed by atoms with E-state index in [1.165, 1.54) is 6.07 Å². The minimum atomic E-state index is -0.565. The van der Waals surface area contributed by atoms with E-state index in [9.17, 15) is 4.79 Å². The van der Waals surface area contributed by atoms with Gasteiger partial charge >= 0.3 is 6.09 Å². The fraction of sp³-hybridized carbons (Fsp3) is 0.333. The summed E-state index contributed by atoms with van der Waals surface area (Å²) in [6.07, 6.45) is 3.16. The van der Waals surface area contributed by atoms with Crippen LogP contribution in [-0.4, -0.2) is 37.5 Å². The monoisotopic (exact) mass is 498 g/mol. The highest BCUT2D eigenvalue weighted by atomic mass is 79.9. The molecular formula is C24H24BrFN4O2. The SMILES string of the molecule is CC(C)(C)OC(=O)N1CCCC1c1ccc(-c2cn3c(nc4ccc(Br)cc43)[nH]2)c(F)c1. The average molecular weight is 499 g/mol. The van der Waals surface area contributed by atoms with Crippen LogP contribution in [0.25, 0.3) is 28.1 Å². The summed E-state index contributed by atoms with van der Waals surface area (Å²) in [6.45, 7) is 6.15. The molecule has 166 valence electrons. The van der Waals surface area contributed by atoms with Crippen molar-refractivity contribution in [3.05, 3.63) is 58.4 Å². The summed E-state index contributed by atoms with van der Waals surface area (Å²) < 4.78 is 23.6. The van der Waals surface area contributed by atoms with Gasteiger partial charge in [0.2, 0.25) is 5.78 Å². The van der Waals surface area contributed by atoms with Gasteiger partial charge in [-0.2, -0.15) is 0 Å². The number of fused-ring (bicyclic) bond motifs is 3. The van der Waals surface area contributed by atoms with E-state index in [1.807, 2.05) is 55.6 Å². The van der Waals surface area contributed by atoms with Crippen LogP contribution < -0.4 is 0 Å². The fourth-order valence-electron chi connectivity index (χ4n) is 4.31. The Bertz CT molecular complexity index is 1340. The van der Waals surface area contributed by atoms with Crippen molar-refractivity contribution in [3.8, 4) is 11.3 Å². The molecule has 3 heterocycles. The molecule has 8 heteroatoms. The second kappa shape index (κ2) is 7.62. The van der Waals surface area contributed by atoms with Gasteiger partial charge in [0.15, 0.2) is 0 Å². The van der Waals surface area contributed by atoms with Crippen LogP contribution in [0.4, 0.5) is 9.18 Å². The van der Waals surface area contributed by atoms with E-state index in [2.05, 4.69) is 25.9 Å². The Hall–Kier alpha value is -2.87. The second-order valence-corrected chi connectivity index (χ2v) is 10.1. The van der Waals surface area contributed by atoms with Gasteiger partial charge in [0, 0.05) is 22.8 Å². The van der Waals surface area contributed by atoms with Crippen LogP contribution in [0.5, 0.6) is 0 Å². The molecule has 1 aliphatic rings. The smallest absolute Gasteiger partial charge is 0.410 e. The lowest BCUT2D eigenvalue weighted by Gasteiger charge is -2.29. The van der Waals surface area contributed by atoms with Crippen LogP contribution >= 0.6 is 15.9 Å². The number of halogens is 2. The van der Waals surface area contributed by atoms with Crippen LogP contribution in [0.15, 0.2) is 47.1 Å². The van der Waals surface area contributed by atoms with Gasteiger partial charge in [-0.25, -0.2) is 14.2 Å². The van der Waals surface area contributed by atoms with E-state index in [0.29, 0.717) is 23.6 Å². The molecule has 1 fully saturated rings. The number of imidazole rings is 2. The molecule has 5 rings (SSSR count). The van der Waals surface area contributed by atoms with E-state index >= 15 is 4.39 Å². The van der Waals surface area contributed by atoms with Crippen LogP contribution in [-0.2, 0) is 4.74 Å². The summed E-state index contributed by atoms with van der Waals surface area (Å²) in [5.74, 6) is 0.317. The van der Waals surface area contributed by atoms with Crippen LogP contribution in [0, 0.1) is 5.82 Å². The number of ether oxygens (including phenoxy) is 1. The van der Waals surface area contributed by atoms with Gasteiger partial charge in [-0.3, -0.25) is 4.40 Å². The molecule has 0 spiro atoms. The van der Waals surface area contributed by atoms with Gasteiger partial charge in [0.05, 0.1) is 22.8 Å². The van der Waals surface area contributed by atoms with Gasteiger partial charge in [-0.1, -0.05) is 22.0 Å². The summed E-state index contributed by atoms with van der Waals surface area (Å²) in [7, 11) is 0. The predicted molar refractivity (Wildman–Crippen MR) is 125 cm³/mol. The van der Waals surface area contributed by atoms with Gasteiger partial charge in [-0.05, 0) is 69.5 Å². The van der Waals surface area contributed by atoms with E-state index in [0.717, 1.165) is 33.9 Å². The minimum Gasteiger partial charge on any atom is -0.444 e. The van der Waals surface area contributed by atoms with E-state index in [-0.39, 0.29) is 18.0 Å². The van der Waals surface area contributed by atoms with Crippen molar-refractivity contribution in [2.24, 2.45) is 0 Å². The van der Waals surface area contributed by atoms with Crippen molar-refractivity contribution in [3.63, 3.8) is 0 Å². The van der Waals surface area contributed by atoms with Crippen molar-refractivity contribution in [1.29, 1.82) is 0 Å². The fourth-order valence-corrected chi connectivity index (χ4v) is 4.66. The number of aromatic nitrogens is 3. The lowest BCUT2D eigenvalue weighted by molar-refractivity contribution is 0.0224. The van der Waals surface area contributed by atoms with E-state index in [4.69, 9.17) is 4.74 Å². The number of likely N-dealkylation sites (tertiary alicyclic amines) is 1. The number of aromatic amines is 1. The third-order valence-corrected chi connectivity index (χ3v) is 6.20. The zero-order valence-corrected chi connectivity index (χ0v) is 19.7. The molecule has 0 bridgehead atoms. The predicted octanol–water partition coefficient (Wildman–Crippen LogP) is 6.46. The Morgan fingerprint density at radius 1 is 1.25 bits per heavy atom. The maximum atomic E-state index is 15.2. The Balaban J connectivity index is 1.45. The summed E-state index contributed by atoms with van der Waals surface area (Å²) in [5, 5.41) is 0. The number of carbonyl (C=O) groups excluding carboxylic acids is 1. The summed E-state index contributed by atoms with van der Waals surface area (Å²) in [4.78, 5) is 22.1. The number of amides is 1. The van der Waals surface area contributed by atoms with Gasteiger partial charge in [0.25, 0.3) is 0 Å². The summed E-state index contributed by atoms with van der Waals surface area (Å²) >= 11 is 3.49. The van der Waals surface area contributed by atoms with Crippen LogP contribution in [0.1, 0.15) is 45.2 Å². The normalized spacial score (nSPS) is 16.9. The highest BCUT2D eigenvalue weighted by Gasteiger charge is 2.33. The number of carbonyl (C=O) groups is 1. The summed E-state index contributed by atoms with van der Waals surface area (Å²) in [6, 6.07) is 10.9. The highest BCUT2D eigenvalue weighted by Crippen LogP contribution is 2.35. The average Bonchev–Trinajstić information content (AvgIpc) is 3.41. The third-order valence-electron chi connectivity index (χ3n) is 5.71. The quantitative estimate of drug-likeness (QED) is 0.345. The molecule has 1 atom stereocenters. The number of H-pyrrole nitrogens is 1. The first-order chi connectivity index (χ1) is 15.2. The van der Waals surface area contributed by atoms with Gasteiger partial charge in [0.1, 0.15) is 11.4 Å². The van der Waals surface area contributed by atoms with Gasteiger partial charge < -0.3 is 14.6 Å².